The summed E-state index contributed by atoms with van der Waals surface area (Å²) in [5.74, 6) is 1.16. The molecule has 27 heavy (non-hydrogen) atoms. The van der Waals surface area contributed by atoms with E-state index in [2.05, 4.69) is 27.2 Å². The molecule has 0 aliphatic carbocycles. The SMILES string of the molecule is O[C@@H](CN(Cc1ccccc1)Cc1nc(-c2cccs2)no1)c1ccsc1. The van der Waals surface area contributed by atoms with Crippen LogP contribution in [0, 0.1) is 0 Å². The van der Waals surface area contributed by atoms with Crippen LogP contribution in [-0.2, 0) is 13.1 Å². The van der Waals surface area contributed by atoms with Gasteiger partial charge in [0.1, 0.15) is 0 Å². The Kier molecular flexibility index (Phi) is 5.74. The van der Waals surface area contributed by atoms with Crippen molar-refractivity contribution in [2.75, 3.05) is 6.54 Å². The van der Waals surface area contributed by atoms with Crippen LogP contribution in [0.5, 0.6) is 0 Å². The Balaban J connectivity index is 1.50. The van der Waals surface area contributed by atoms with Gasteiger partial charge in [-0.3, -0.25) is 4.90 Å². The molecule has 4 rings (SSSR count). The Morgan fingerprint density at radius 3 is 2.67 bits per heavy atom. The van der Waals surface area contributed by atoms with Gasteiger partial charge in [0.05, 0.1) is 17.5 Å². The number of thiophene rings is 2. The van der Waals surface area contributed by atoms with Gasteiger partial charge in [-0.05, 0) is 39.4 Å². The molecule has 0 amide bonds. The highest BCUT2D eigenvalue weighted by atomic mass is 32.1. The molecule has 7 heteroatoms. The third kappa shape index (κ3) is 4.70. The number of aliphatic hydroxyl groups excluding tert-OH is 1. The maximum atomic E-state index is 10.6. The lowest BCUT2D eigenvalue weighted by Crippen LogP contribution is -2.28. The van der Waals surface area contributed by atoms with Gasteiger partial charge in [-0.2, -0.15) is 16.3 Å². The Hall–Kier alpha value is -2.32. The zero-order valence-electron chi connectivity index (χ0n) is 14.6. The normalized spacial score (nSPS) is 12.5. The standard InChI is InChI=1S/C20H19N3O2S2/c24-17(16-8-10-26-14-16)12-23(11-15-5-2-1-3-6-15)13-19-21-20(22-25-19)18-7-4-9-27-18/h1-10,14,17,24H,11-13H2/t17-/m0/s1. The van der Waals surface area contributed by atoms with Crippen LogP contribution in [0.1, 0.15) is 23.1 Å². The fourth-order valence-corrected chi connectivity index (χ4v) is 4.21. The Morgan fingerprint density at radius 1 is 1.04 bits per heavy atom. The van der Waals surface area contributed by atoms with Crippen molar-refractivity contribution in [2.24, 2.45) is 0 Å². The number of hydrogen-bond acceptors (Lipinski definition) is 7. The molecule has 138 valence electrons. The summed E-state index contributed by atoms with van der Waals surface area (Å²) in [6.45, 7) is 1.66. The largest absolute Gasteiger partial charge is 0.387 e. The number of hydrogen-bond donors (Lipinski definition) is 1. The molecule has 5 nitrogen and oxygen atoms in total. The summed E-state index contributed by atoms with van der Waals surface area (Å²) < 4.78 is 5.45. The molecule has 4 aromatic rings. The Bertz CT molecular complexity index is 937. The number of nitrogens with zero attached hydrogens (tertiary/aromatic N) is 3. The second-order valence-electron chi connectivity index (χ2n) is 6.22. The highest BCUT2D eigenvalue weighted by Crippen LogP contribution is 2.23. The Labute approximate surface area is 165 Å². The number of rotatable bonds is 8. The van der Waals surface area contributed by atoms with Gasteiger partial charge in [-0.1, -0.05) is 41.6 Å². The van der Waals surface area contributed by atoms with Gasteiger partial charge >= 0.3 is 0 Å². The van der Waals surface area contributed by atoms with Crippen molar-refractivity contribution < 1.29 is 9.63 Å². The molecule has 0 aliphatic heterocycles. The highest BCUT2D eigenvalue weighted by Gasteiger charge is 2.18. The predicted molar refractivity (Wildman–Crippen MR) is 107 cm³/mol. The van der Waals surface area contributed by atoms with E-state index in [1.54, 1.807) is 22.7 Å². The van der Waals surface area contributed by atoms with Crippen molar-refractivity contribution in [3.8, 4) is 10.7 Å². The van der Waals surface area contributed by atoms with E-state index < -0.39 is 6.10 Å². The summed E-state index contributed by atoms with van der Waals surface area (Å²) in [6.07, 6.45) is -0.556. The zero-order chi connectivity index (χ0) is 18.5. The van der Waals surface area contributed by atoms with Gasteiger partial charge in [-0.25, -0.2) is 0 Å². The molecule has 1 N–H and O–H groups in total. The van der Waals surface area contributed by atoms with Crippen LogP contribution >= 0.6 is 22.7 Å². The third-order valence-corrected chi connectivity index (χ3v) is 5.74. The van der Waals surface area contributed by atoms with Crippen molar-refractivity contribution in [1.82, 2.24) is 15.0 Å². The quantitative estimate of drug-likeness (QED) is 0.471. The minimum Gasteiger partial charge on any atom is -0.387 e. The van der Waals surface area contributed by atoms with Crippen LogP contribution in [0.3, 0.4) is 0 Å². The lowest BCUT2D eigenvalue weighted by molar-refractivity contribution is 0.0980. The van der Waals surface area contributed by atoms with Gasteiger partial charge in [0.2, 0.25) is 11.7 Å². The lowest BCUT2D eigenvalue weighted by atomic mass is 10.1. The molecule has 0 saturated heterocycles. The average molecular weight is 398 g/mol. The summed E-state index contributed by atoms with van der Waals surface area (Å²) in [5, 5.41) is 20.6. The maximum Gasteiger partial charge on any atom is 0.241 e. The average Bonchev–Trinajstić information content (AvgIpc) is 3.44. The van der Waals surface area contributed by atoms with E-state index in [9.17, 15) is 5.11 Å². The summed E-state index contributed by atoms with van der Waals surface area (Å²) in [5.41, 5.74) is 2.11. The van der Waals surface area contributed by atoms with Crippen molar-refractivity contribution in [3.63, 3.8) is 0 Å². The van der Waals surface area contributed by atoms with Crippen molar-refractivity contribution in [1.29, 1.82) is 0 Å². The Morgan fingerprint density at radius 2 is 1.93 bits per heavy atom. The molecule has 0 unspecified atom stereocenters. The lowest BCUT2D eigenvalue weighted by Gasteiger charge is -2.23. The molecule has 0 aliphatic rings. The van der Waals surface area contributed by atoms with Gasteiger partial charge in [0.25, 0.3) is 0 Å². The topological polar surface area (TPSA) is 62.4 Å². The van der Waals surface area contributed by atoms with Crippen molar-refractivity contribution in [2.45, 2.75) is 19.2 Å². The monoisotopic (exact) mass is 397 g/mol. The fourth-order valence-electron chi connectivity index (χ4n) is 2.86. The zero-order valence-corrected chi connectivity index (χ0v) is 16.2. The molecule has 1 aromatic carbocycles. The van der Waals surface area contributed by atoms with Crippen LogP contribution in [0.25, 0.3) is 10.7 Å². The molecule has 3 heterocycles. The molecule has 0 saturated carbocycles. The molecule has 0 spiro atoms. The van der Waals surface area contributed by atoms with Crippen LogP contribution in [0.2, 0.25) is 0 Å². The molecule has 0 fully saturated rings. The molecular formula is C20H19N3O2S2. The summed E-state index contributed by atoms with van der Waals surface area (Å²) in [7, 11) is 0. The van der Waals surface area contributed by atoms with Gasteiger partial charge in [-0.15, -0.1) is 11.3 Å². The molecule has 0 bridgehead atoms. The van der Waals surface area contributed by atoms with E-state index in [-0.39, 0.29) is 0 Å². The summed E-state index contributed by atoms with van der Waals surface area (Å²) >= 11 is 3.17. The first-order valence-electron chi connectivity index (χ1n) is 8.61. The second kappa shape index (κ2) is 8.58. The van der Waals surface area contributed by atoms with Gasteiger partial charge in [0.15, 0.2) is 0 Å². The van der Waals surface area contributed by atoms with E-state index in [4.69, 9.17) is 4.52 Å². The van der Waals surface area contributed by atoms with E-state index >= 15 is 0 Å². The molecule has 3 aromatic heterocycles. The van der Waals surface area contributed by atoms with Crippen LogP contribution in [-0.4, -0.2) is 26.7 Å². The number of aliphatic hydroxyl groups is 1. The van der Waals surface area contributed by atoms with Crippen molar-refractivity contribution >= 4 is 22.7 Å². The molecular weight excluding hydrogens is 378 g/mol. The van der Waals surface area contributed by atoms with Gasteiger partial charge < -0.3 is 9.63 Å². The fraction of sp³-hybridized carbons (Fsp3) is 0.200. The van der Waals surface area contributed by atoms with Crippen LogP contribution < -0.4 is 0 Å². The van der Waals surface area contributed by atoms with E-state index in [0.717, 1.165) is 10.4 Å². The van der Waals surface area contributed by atoms with Crippen LogP contribution in [0.4, 0.5) is 0 Å². The van der Waals surface area contributed by atoms with Crippen LogP contribution in [0.15, 0.2) is 69.2 Å². The molecule has 0 radical (unpaired) electrons. The number of aromatic nitrogens is 2. The van der Waals surface area contributed by atoms with E-state index in [0.29, 0.717) is 31.3 Å². The maximum absolute atomic E-state index is 10.6. The summed E-state index contributed by atoms with van der Waals surface area (Å²) in [6, 6.07) is 16.1. The van der Waals surface area contributed by atoms with E-state index in [1.807, 2.05) is 52.5 Å². The number of benzene rings is 1. The molecule has 1 atom stereocenters. The van der Waals surface area contributed by atoms with Crippen molar-refractivity contribution in [3.05, 3.63) is 81.7 Å². The second-order valence-corrected chi connectivity index (χ2v) is 7.94. The minimum atomic E-state index is -0.556. The first-order valence-corrected chi connectivity index (χ1v) is 10.4. The highest BCUT2D eigenvalue weighted by molar-refractivity contribution is 7.13. The smallest absolute Gasteiger partial charge is 0.241 e. The summed E-state index contributed by atoms with van der Waals surface area (Å²) in [4.78, 5) is 7.63. The predicted octanol–water partition coefficient (Wildman–Crippen LogP) is 4.60. The van der Waals surface area contributed by atoms with E-state index in [1.165, 1.54) is 5.56 Å². The minimum absolute atomic E-state index is 0.481. The third-order valence-electron chi connectivity index (χ3n) is 4.18. The van der Waals surface area contributed by atoms with Gasteiger partial charge in [0, 0.05) is 13.1 Å². The first kappa shape index (κ1) is 18.1. The first-order chi connectivity index (χ1) is 13.3.